The number of hydrogen-bond acceptors (Lipinski definition) is 5. The summed E-state index contributed by atoms with van der Waals surface area (Å²) in [6.45, 7) is 5.34. The summed E-state index contributed by atoms with van der Waals surface area (Å²) in [6.07, 6.45) is 1.68. The highest BCUT2D eigenvalue weighted by atomic mass is 32.1. The molecule has 1 fully saturated rings. The number of piperazine rings is 1. The van der Waals surface area contributed by atoms with E-state index in [4.69, 9.17) is 4.37 Å². The van der Waals surface area contributed by atoms with Crippen molar-refractivity contribution in [1.29, 1.82) is 0 Å². The second kappa shape index (κ2) is 7.66. The summed E-state index contributed by atoms with van der Waals surface area (Å²) < 4.78 is 5.79. The van der Waals surface area contributed by atoms with Crippen LogP contribution in [0.15, 0.2) is 67.0 Å². The van der Waals surface area contributed by atoms with E-state index < -0.39 is 0 Å². The fraction of sp³-hybridized carbons (Fsp3) is 0.227. The van der Waals surface area contributed by atoms with Gasteiger partial charge in [0.25, 0.3) is 0 Å². The molecule has 3 heterocycles. The molecule has 1 N–H and O–H groups in total. The molecule has 2 aromatic carbocycles. The van der Waals surface area contributed by atoms with E-state index in [9.17, 15) is 0 Å². The molecule has 4 aromatic rings. The Labute approximate surface area is 168 Å². The first-order valence-corrected chi connectivity index (χ1v) is 10.4. The van der Waals surface area contributed by atoms with Crippen molar-refractivity contribution in [2.45, 2.75) is 6.54 Å². The molecular weight excluding hydrogens is 366 g/mol. The molecule has 0 radical (unpaired) electrons. The highest BCUT2D eigenvalue weighted by molar-refractivity contribution is 7.14. The first kappa shape index (κ1) is 17.3. The van der Waals surface area contributed by atoms with Gasteiger partial charge in [-0.3, -0.25) is 0 Å². The van der Waals surface area contributed by atoms with E-state index in [0.29, 0.717) is 0 Å². The van der Waals surface area contributed by atoms with Crippen LogP contribution in [-0.4, -0.2) is 40.5 Å². The van der Waals surface area contributed by atoms with Crippen LogP contribution in [0.1, 0.15) is 5.56 Å². The van der Waals surface area contributed by atoms with Crippen LogP contribution >= 0.6 is 11.5 Å². The van der Waals surface area contributed by atoms with Gasteiger partial charge in [0.2, 0.25) is 0 Å². The number of nitrogens with one attached hydrogen (secondary N) is 1. The van der Waals surface area contributed by atoms with Crippen molar-refractivity contribution in [2.24, 2.45) is 0 Å². The number of rotatable bonds is 4. The van der Waals surface area contributed by atoms with Crippen LogP contribution in [-0.2, 0) is 6.54 Å². The summed E-state index contributed by atoms with van der Waals surface area (Å²) in [5, 5.41) is 0. The van der Waals surface area contributed by atoms with Crippen LogP contribution in [0.5, 0.6) is 0 Å². The van der Waals surface area contributed by atoms with Crippen molar-refractivity contribution in [3.63, 3.8) is 0 Å². The van der Waals surface area contributed by atoms with Gasteiger partial charge in [-0.15, -0.1) is 0 Å². The van der Waals surface area contributed by atoms with Gasteiger partial charge in [-0.25, -0.2) is 9.97 Å². The second-order valence-corrected chi connectivity index (χ2v) is 7.95. The highest BCUT2D eigenvalue weighted by Gasteiger charge is 2.24. The average Bonchev–Trinajstić information content (AvgIpc) is 3.20. The standard InChI is InChI=1S/C22H21N5S/c1-3-7-17(8-4-1)15-26-11-13-27(14-12-26)22-21-20(23-16-24-22)19(25-28-21)18-9-5-2-6-10-18/h1-10,16H,11-15H2/p+1. The van der Waals surface area contributed by atoms with E-state index in [-0.39, 0.29) is 0 Å². The number of anilines is 1. The summed E-state index contributed by atoms with van der Waals surface area (Å²) >= 11 is 1.51. The summed E-state index contributed by atoms with van der Waals surface area (Å²) in [7, 11) is 0. The molecule has 28 heavy (non-hydrogen) atoms. The zero-order valence-corrected chi connectivity index (χ0v) is 16.4. The lowest BCUT2D eigenvalue weighted by atomic mass is 10.1. The zero-order valence-electron chi connectivity index (χ0n) is 15.6. The third kappa shape index (κ3) is 3.37. The molecule has 6 heteroatoms. The van der Waals surface area contributed by atoms with Crippen molar-refractivity contribution >= 4 is 27.6 Å². The van der Waals surface area contributed by atoms with Crippen molar-refractivity contribution in [3.8, 4) is 11.3 Å². The monoisotopic (exact) mass is 388 g/mol. The predicted octanol–water partition coefficient (Wildman–Crippen LogP) is 2.66. The summed E-state index contributed by atoms with van der Waals surface area (Å²) in [5.74, 6) is 1.03. The maximum absolute atomic E-state index is 4.70. The Morgan fingerprint density at radius 1 is 0.893 bits per heavy atom. The minimum atomic E-state index is 0.956. The maximum Gasteiger partial charge on any atom is 0.152 e. The summed E-state index contributed by atoms with van der Waals surface area (Å²) in [4.78, 5) is 13.2. The molecule has 0 bridgehead atoms. The Kier molecular flexibility index (Phi) is 4.72. The second-order valence-electron chi connectivity index (χ2n) is 7.17. The Morgan fingerprint density at radius 2 is 1.61 bits per heavy atom. The number of hydrogen-bond donors (Lipinski definition) is 1. The molecule has 0 aliphatic carbocycles. The van der Waals surface area contributed by atoms with E-state index in [0.717, 1.165) is 60.0 Å². The molecule has 2 aromatic heterocycles. The molecule has 0 spiro atoms. The largest absolute Gasteiger partial charge is 0.344 e. The number of nitrogens with zero attached hydrogens (tertiary/aromatic N) is 4. The molecule has 140 valence electrons. The smallest absolute Gasteiger partial charge is 0.152 e. The van der Waals surface area contributed by atoms with Gasteiger partial charge in [-0.2, -0.15) is 4.37 Å². The van der Waals surface area contributed by atoms with Gasteiger partial charge in [0.15, 0.2) is 5.82 Å². The van der Waals surface area contributed by atoms with Crippen LogP contribution < -0.4 is 9.80 Å². The third-order valence-electron chi connectivity index (χ3n) is 5.35. The van der Waals surface area contributed by atoms with Crippen LogP contribution in [0.2, 0.25) is 0 Å². The third-order valence-corrected chi connectivity index (χ3v) is 6.18. The minimum Gasteiger partial charge on any atom is -0.344 e. The van der Waals surface area contributed by atoms with Crippen LogP contribution in [0.3, 0.4) is 0 Å². The normalized spacial score (nSPS) is 15.2. The van der Waals surface area contributed by atoms with Gasteiger partial charge in [-0.05, 0) is 11.5 Å². The number of quaternary nitrogens is 1. The Bertz CT molecular complexity index is 1060. The maximum atomic E-state index is 4.70. The van der Waals surface area contributed by atoms with Gasteiger partial charge >= 0.3 is 0 Å². The van der Waals surface area contributed by atoms with Gasteiger partial charge in [0.1, 0.15) is 28.8 Å². The van der Waals surface area contributed by atoms with Crippen molar-refractivity contribution in [3.05, 3.63) is 72.6 Å². The topological polar surface area (TPSA) is 46.4 Å². The molecule has 5 rings (SSSR count). The number of benzene rings is 2. The van der Waals surface area contributed by atoms with Crippen LogP contribution in [0, 0.1) is 0 Å². The van der Waals surface area contributed by atoms with Gasteiger partial charge < -0.3 is 9.80 Å². The SMILES string of the molecule is c1ccc(C[NH+]2CCN(c3ncnc4c(-c5ccccc5)nsc34)CC2)cc1. The molecule has 1 aliphatic rings. The van der Waals surface area contributed by atoms with Crippen molar-refractivity contribution in [1.82, 2.24) is 14.3 Å². The Balaban J connectivity index is 1.35. The van der Waals surface area contributed by atoms with Crippen LogP contribution in [0.4, 0.5) is 5.82 Å². The molecule has 0 amide bonds. The first-order chi connectivity index (χ1) is 13.9. The van der Waals surface area contributed by atoms with Crippen LogP contribution in [0.25, 0.3) is 21.5 Å². The zero-order chi connectivity index (χ0) is 18.8. The first-order valence-electron chi connectivity index (χ1n) is 9.67. The van der Waals surface area contributed by atoms with E-state index in [1.165, 1.54) is 17.1 Å². The van der Waals surface area contributed by atoms with Gasteiger partial charge in [0, 0.05) is 11.1 Å². The summed E-state index contributed by atoms with van der Waals surface area (Å²) in [6, 6.07) is 21.0. The van der Waals surface area contributed by atoms with E-state index in [1.807, 2.05) is 18.2 Å². The fourth-order valence-corrected chi connectivity index (χ4v) is 4.73. The highest BCUT2D eigenvalue weighted by Crippen LogP contribution is 2.33. The molecule has 0 unspecified atom stereocenters. The lowest BCUT2D eigenvalue weighted by molar-refractivity contribution is -0.914. The Hall–Kier alpha value is -2.83. The number of fused-ring (bicyclic) bond motifs is 1. The molecular formula is C22H22N5S+. The fourth-order valence-electron chi connectivity index (χ4n) is 3.86. The van der Waals surface area contributed by atoms with E-state index in [2.05, 4.69) is 57.3 Å². The molecule has 5 nitrogen and oxygen atoms in total. The predicted molar refractivity (Wildman–Crippen MR) is 114 cm³/mol. The molecule has 0 atom stereocenters. The molecule has 1 aliphatic heterocycles. The van der Waals surface area contributed by atoms with Gasteiger partial charge in [-0.1, -0.05) is 60.7 Å². The average molecular weight is 389 g/mol. The van der Waals surface area contributed by atoms with E-state index in [1.54, 1.807) is 11.2 Å². The van der Waals surface area contributed by atoms with Crippen molar-refractivity contribution in [2.75, 3.05) is 31.1 Å². The van der Waals surface area contributed by atoms with Gasteiger partial charge in [0.05, 0.1) is 26.2 Å². The molecule has 0 saturated carbocycles. The lowest BCUT2D eigenvalue weighted by Gasteiger charge is -2.33. The lowest BCUT2D eigenvalue weighted by Crippen LogP contribution is -3.13. The minimum absolute atomic E-state index is 0.956. The van der Waals surface area contributed by atoms with Crippen molar-refractivity contribution < 1.29 is 4.90 Å². The van der Waals surface area contributed by atoms with E-state index >= 15 is 0 Å². The molecule has 1 saturated heterocycles. The summed E-state index contributed by atoms with van der Waals surface area (Å²) in [5.41, 5.74) is 4.43. The number of aromatic nitrogens is 3. The quantitative estimate of drug-likeness (QED) is 0.584. The Morgan fingerprint density at radius 3 is 2.36 bits per heavy atom.